The molecule has 0 bridgehead atoms. The van der Waals surface area contributed by atoms with E-state index in [9.17, 15) is 18.0 Å². The molecule has 1 N–H and O–H groups in total. The van der Waals surface area contributed by atoms with Crippen molar-refractivity contribution in [2.24, 2.45) is 0 Å². The zero-order valence-electron chi connectivity index (χ0n) is 18.3. The van der Waals surface area contributed by atoms with Gasteiger partial charge in [-0.2, -0.15) is 13.2 Å². The molecular weight excluding hydrogens is 435 g/mol. The maximum absolute atomic E-state index is 12.6. The third-order valence-corrected chi connectivity index (χ3v) is 5.50. The van der Waals surface area contributed by atoms with Crippen LogP contribution in [0.5, 0.6) is 5.75 Å². The molecular formula is C23H24F3N5O2. The van der Waals surface area contributed by atoms with E-state index < -0.39 is 17.6 Å². The average Bonchev–Trinajstić information content (AvgIpc) is 2.78. The Balaban J connectivity index is 1.39. The second-order valence-electron chi connectivity index (χ2n) is 7.99. The van der Waals surface area contributed by atoms with E-state index in [0.717, 1.165) is 54.9 Å². The van der Waals surface area contributed by atoms with Gasteiger partial charge in [-0.15, -0.1) is 0 Å². The summed E-state index contributed by atoms with van der Waals surface area (Å²) in [5.74, 6) is 0.453. The molecule has 0 unspecified atom stereocenters. The first kappa shape index (κ1) is 22.8. The number of alkyl halides is 3. The van der Waals surface area contributed by atoms with Gasteiger partial charge in [0, 0.05) is 37.3 Å². The molecule has 4 rings (SSSR count). The average molecular weight is 459 g/mol. The maximum atomic E-state index is 12.6. The highest BCUT2D eigenvalue weighted by atomic mass is 19.4. The topological polar surface area (TPSA) is 70.6 Å². The summed E-state index contributed by atoms with van der Waals surface area (Å²) in [7, 11) is 2.09. The molecule has 10 heteroatoms. The fraction of sp³-hybridized carbons (Fsp3) is 0.348. The van der Waals surface area contributed by atoms with E-state index in [-0.39, 0.29) is 12.4 Å². The Morgan fingerprint density at radius 2 is 1.76 bits per heavy atom. The number of hydrogen-bond acceptors (Lipinski definition) is 6. The number of amides is 1. The second kappa shape index (κ2) is 9.22. The Morgan fingerprint density at radius 3 is 2.42 bits per heavy atom. The first-order valence-corrected chi connectivity index (χ1v) is 10.5. The van der Waals surface area contributed by atoms with Gasteiger partial charge >= 0.3 is 6.18 Å². The number of ether oxygens (including phenoxy) is 1. The number of nitrogens with one attached hydrogen (secondary N) is 1. The highest BCUT2D eigenvalue weighted by Crippen LogP contribution is 2.30. The standard InChI is InChI=1S/C23H24F3N5O2/c1-15-19-13-17(5-8-20(19)29-22(27-15)31-11-9-30(2)10-12-31)28-21(32)14-33-18-6-3-16(4-7-18)23(24,25)26/h3-8,13H,9-12,14H2,1-2H3,(H,28,32). The summed E-state index contributed by atoms with van der Waals surface area (Å²) in [4.78, 5) is 26.0. The van der Waals surface area contributed by atoms with Crippen LogP contribution in [-0.2, 0) is 11.0 Å². The fourth-order valence-corrected chi connectivity index (χ4v) is 3.58. The van der Waals surface area contributed by atoms with Gasteiger partial charge in [0.05, 0.1) is 16.8 Å². The lowest BCUT2D eigenvalue weighted by Crippen LogP contribution is -2.45. The molecule has 2 heterocycles. The van der Waals surface area contributed by atoms with Crippen LogP contribution in [0.4, 0.5) is 24.8 Å². The highest BCUT2D eigenvalue weighted by molar-refractivity contribution is 5.95. The highest BCUT2D eigenvalue weighted by Gasteiger charge is 2.30. The Kier molecular flexibility index (Phi) is 6.37. The Bertz CT molecular complexity index is 1140. The van der Waals surface area contributed by atoms with Gasteiger partial charge < -0.3 is 19.9 Å². The lowest BCUT2D eigenvalue weighted by molar-refractivity contribution is -0.137. The van der Waals surface area contributed by atoms with Gasteiger partial charge in [0.1, 0.15) is 5.75 Å². The van der Waals surface area contributed by atoms with Crippen molar-refractivity contribution in [3.8, 4) is 5.75 Å². The molecule has 0 saturated carbocycles. The van der Waals surface area contributed by atoms with E-state index in [1.165, 1.54) is 12.1 Å². The van der Waals surface area contributed by atoms with Crippen LogP contribution < -0.4 is 15.0 Å². The number of hydrogen-bond donors (Lipinski definition) is 1. The zero-order valence-corrected chi connectivity index (χ0v) is 18.3. The number of carbonyl (C=O) groups is 1. The predicted octanol–water partition coefficient (Wildman–Crippen LogP) is 3.73. The van der Waals surface area contributed by atoms with E-state index in [0.29, 0.717) is 11.6 Å². The van der Waals surface area contributed by atoms with E-state index in [4.69, 9.17) is 4.74 Å². The van der Waals surface area contributed by atoms with Crippen LogP contribution >= 0.6 is 0 Å². The zero-order chi connectivity index (χ0) is 23.6. The minimum atomic E-state index is -4.42. The van der Waals surface area contributed by atoms with Crippen molar-refractivity contribution in [1.82, 2.24) is 14.9 Å². The first-order valence-electron chi connectivity index (χ1n) is 10.5. The summed E-state index contributed by atoms with van der Waals surface area (Å²) in [6.07, 6.45) is -4.42. The lowest BCUT2D eigenvalue weighted by atomic mass is 10.1. The van der Waals surface area contributed by atoms with Gasteiger partial charge in [-0.05, 0) is 56.4 Å². The summed E-state index contributed by atoms with van der Waals surface area (Å²) in [6.45, 7) is 5.23. The van der Waals surface area contributed by atoms with Gasteiger partial charge in [0.25, 0.3) is 5.91 Å². The Labute approximate surface area is 189 Å². The first-order chi connectivity index (χ1) is 15.7. The molecule has 0 radical (unpaired) electrons. The molecule has 1 aromatic heterocycles. The smallest absolute Gasteiger partial charge is 0.416 e. The molecule has 7 nitrogen and oxygen atoms in total. The summed E-state index contributed by atoms with van der Waals surface area (Å²) >= 11 is 0. The van der Waals surface area contributed by atoms with Gasteiger partial charge in [-0.3, -0.25) is 4.79 Å². The number of piperazine rings is 1. The molecule has 1 aliphatic rings. The van der Waals surface area contributed by atoms with Crippen molar-refractivity contribution in [2.45, 2.75) is 13.1 Å². The number of aromatic nitrogens is 2. The van der Waals surface area contributed by atoms with Gasteiger partial charge in [-0.25, -0.2) is 9.97 Å². The van der Waals surface area contributed by atoms with Crippen molar-refractivity contribution in [2.75, 3.05) is 50.1 Å². The number of fused-ring (bicyclic) bond motifs is 1. The summed E-state index contributed by atoms with van der Waals surface area (Å²) in [6, 6.07) is 9.57. The van der Waals surface area contributed by atoms with Crippen molar-refractivity contribution >= 4 is 28.4 Å². The van der Waals surface area contributed by atoms with Gasteiger partial charge in [0.15, 0.2) is 6.61 Å². The lowest BCUT2D eigenvalue weighted by Gasteiger charge is -2.32. The fourth-order valence-electron chi connectivity index (χ4n) is 3.58. The van der Waals surface area contributed by atoms with Crippen molar-refractivity contribution in [3.05, 3.63) is 53.7 Å². The third-order valence-electron chi connectivity index (χ3n) is 5.50. The number of anilines is 2. The largest absolute Gasteiger partial charge is 0.484 e. The predicted molar refractivity (Wildman–Crippen MR) is 120 cm³/mol. The number of carbonyl (C=O) groups excluding carboxylic acids is 1. The van der Waals surface area contributed by atoms with Crippen LogP contribution in [0.3, 0.4) is 0 Å². The minimum absolute atomic E-state index is 0.178. The van der Waals surface area contributed by atoms with Gasteiger partial charge in [0.2, 0.25) is 5.95 Å². The van der Waals surface area contributed by atoms with E-state index >= 15 is 0 Å². The third kappa shape index (κ3) is 5.51. The van der Waals surface area contributed by atoms with E-state index in [1.54, 1.807) is 12.1 Å². The number of rotatable bonds is 5. The van der Waals surface area contributed by atoms with Crippen molar-refractivity contribution in [3.63, 3.8) is 0 Å². The van der Waals surface area contributed by atoms with Crippen LogP contribution in [-0.4, -0.2) is 60.6 Å². The molecule has 174 valence electrons. The molecule has 1 fully saturated rings. The molecule has 33 heavy (non-hydrogen) atoms. The molecule has 0 atom stereocenters. The maximum Gasteiger partial charge on any atom is 0.416 e. The molecule has 1 aliphatic heterocycles. The van der Waals surface area contributed by atoms with Crippen LogP contribution in [0.2, 0.25) is 0 Å². The monoisotopic (exact) mass is 459 g/mol. The van der Waals surface area contributed by atoms with Crippen LogP contribution in [0.1, 0.15) is 11.3 Å². The molecule has 0 spiro atoms. The second-order valence-corrected chi connectivity index (χ2v) is 7.99. The number of likely N-dealkylation sites (N-methyl/N-ethyl adjacent to an activating group) is 1. The van der Waals surface area contributed by atoms with Gasteiger partial charge in [-0.1, -0.05) is 0 Å². The molecule has 1 saturated heterocycles. The van der Waals surface area contributed by atoms with Crippen molar-refractivity contribution in [1.29, 1.82) is 0 Å². The number of nitrogens with zero attached hydrogens (tertiary/aromatic N) is 4. The Morgan fingerprint density at radius 1 is 1.06 bits per heavy atom. The Hall–Kier alpha value is -3.40. The molecule has 2 aromatic carbocycles. The number of benzene rings is 2. The van der Waals surface area contributed by atoms with E-state index in [2.05, 4.69) is 32.1 Å². The number of halogens is 3. The van der Waals surface area contributed by atoms with Crippen LogP contribution in [0.15, 0.2) is 42.5 Å². The quantitative estimate of drug-likeness (QED) is 0.627. The molecule has 0 aliphatic carbocycles. The number of aryl methyl sites for hydroxylation is 1. The van der Waals surface area contributed by atoms with E-state index in [1.807, 2.05) is 13.0 Å². The molecule has 3 aromatic rings. The van der Waals surface area contributed by atoms with Crippen molar-refractivity contribution < 1.29 is 22.7 Å². The summed E-state index contributed by atoms with van der Waals surface area (Å²) < 4.78 is 43.2. The SMILES string of the molecule is Cc1nc(N2CCN(C)CC2)nc2ccc(NC(=O)COc3ccc(C(F)(F)F)cc3)cc12. The minimum Gasteiger partial charge on any atom is -0.484 e. The van der Waals surface area contributed by atoms with Crippen LogP contribution in [0, 0.1) is 6.92 Å². The summed E-state index contributed by atoms with van der Waals surface area (Å²) in [5.41, 5.74) is 1.38. The van der Waals surface area contributed by atoms with Crippen LogP contribution in [0.25, 0.3) is 10.9 Å². The summed E-state index contributed by atoms with van der Waals surface area (Å²) in [5, 5.41) is 3.56. The molecule has 1 amide bonds. The normalized spacial score (nSPS) is 15.0.